The van der Waals surface area contributed by atoms with Crippen LogP contribution in [0.2, 0.25) is 0 Å². The number of anilines is 1. The molecule has 2 heterocycles. The number of carbonyl (C=O) groups excluding carboxylic acids is 3. The highest BCUT2D eigenvalue weighted by Crippen LogP contribution is 2.54. The van der Waals surface area contributed by atoms with Gasteiger partial charge in [-0.1, -0.05) is 55.2 Å². The van der Waals surface area contributed by atoms with Gasteiger partial charge in [0.1, 0.15) is 5.60 Å². The Kier molecular flexibility index (Phi) is 7.39. The van der Waals surface area contributed by atoms with Crippen LogP contribution in [0.15, 0.2) is 59.5 Å². The summed E-state index contributed by atoms with van der Waals surface area (Å²) in [4.78, 5) is 41.7. The number of ether oxygens (including phenoxy) is 1. The molecule has 4 fully saturated rings. The molecule has 0 aromatic heterocycles. The quantitative estimate of drug-likeness (QED) is 0.489. The van der Waals surface area contributed by atoms with Gasteiger partial charge in [0.25, 0.3) is 0 Å². The van der Waals surface area contributed by atoms with E-state index in [-0.39, 0.29) is 30.8 Å². The Hall–Kier alpha value is -3.28. The molecular weight excluding hydrogens is 558 g/mol. The van der Waals surface area contributed by atoms with E-state index in [0.29, 0.717) is 18.2 Å². The normalized spacial score (nSPS) is 30.2. The van der Waals surface area contributed by atoms with E-state index in [1.165, 1.54) is 18.6 Å². The van der Waals surface area contributed by atoms with Gasteiger partial charge >= 0.3 is 6.09 Å². The molecule has 11 heteroatoms. The van der Waals surface area contributed by atoms with E-state index in [0.717, 1.165) is 40.5 Å². The molecule has 224 valence electrons. The maximum absolute atomic E-state index is 13.7. The van der Waals surface area contributed by atoms with E-state index in [1.807, 2.05) is 6.92 Å². The summed E-state index contributed by atoms with van der Waals surface area (Å²) in [6.45, 7) is 1.58. The number of nitrogens with zero attached hydrogens (tertiary/aromatic N) is 2. The van der Waals surface area contributed by atoms with Crippen molar-refractivity contribution >= 4 is 33.6 Å². The molecular formula is C31H37N3O7S. The number of β-amino-alcohol motifs (C(OH)–C–C–N with tert-alkyl or cyclic N) is 1. The van der Waals surface area contributed by atoms with Crippen LogP contribution in [-0.4, -0.2) is 66.6 Å². The van der Waals surface area contributed by atoms with Crippen molar-refractivity contribution in [3.05, 3.63) is 60.2 Å². The minimum absolute atomic E-state index is 0.0508. The van der Waals surface area contributed by atoms with Crippen LogP contribution in [0.5, 0.6) is 0 Å². The van der Waals surface area contributed by atoms with Gasteiger partial charge in [0.15, 0.2) is 5.60 Å². The SMILES string of the molecule is Cc1ccc(S(=O)(=O)N2C[C@]3(O)C[C@@H]4C(=O)N(c5ccccc5)C(=O)[C@@H]4C[C@]3(OC(=O)NCC3CCCCC3)C2)cc1. The minimum atomic E-state index is -4.08. The number of imide groups is 1. The first-order valence-corrected chi connectivity index (χ1v) is 16.2. The lowest BCUT2D eigenvalue weighted by Crippen LogP contribution is -2.62. The van der Waals surface area contributed by atoms with E-state index in [9.17, 15) is 27.9 Å². The van der Waals surface area contributed by atoms with Crippen molar-refractivity contribution in [2.75, 3.05) is 24.5 Å². The number of carbonyl (C=O) groups is 3. The third-order valence-electron chi connectivity index (χ3n) is 9.61. The zero-order valence-corrected chi connectivity index (χ0v) is 24.5. The number of hydrogen-bond acceptors (Lipinski definition) is 7. The van der Waals surface area contributed by atoms with E-state index in [2.05, 4.69) is 5.32 Å². The fourth-order valence-electron chi connectivity index (χ4n) is 7.25. The molecule has 4 aliphatic rings. The third kappa shape index (κ3) is 4.91. The van der Waals surface area contributed by atoms with Crippen LogP contribution in [0, 0.1) is 24.7 Å². The van der Waals surface area contributed by atoms with Crippen molar-refractivity contribution in [2.24, 2.45) is 17.8 Å². The summed E-state index contributed by atoms with van der Waals surface area (Å²) in [6, 6.07) is 15.0. The van der Waals surface area contributed by atoms with Crippen molar-refractivity contribution in [1.82, 2.24) is 9.62 Å². The predicted molar refractivity (Wildman–Crippen MR) is 154 cm³/mol. The Labute approximate surface area is 246 Å². The molecule has 42 heavy (non-hydrogen) atoms. The summed E-state index contributed by atoms with van der Waals surface area (Å²) in [7, 11) is -4.08. The number of benzene rings is 2. The Morgan fingerprint density at radius 3 is 2.26 bits per heavy atom. The molecule has 2 N–H and O–H groups in total. The molecule has 6 rings (SSSR count). The standard InChI is InChI=1S/C31H37N3O7S/c1-21-12-14-24(15-13-21)42(39,40)33-19-30(38)16-25-26(28(36)34(27(25)35)23-10-6-3-7-11-23)17-31(30,20-33)41-29(37)32-18-22-8-4-2-5-9-22/h3,6-7,10-15,22,25-26,38H,2,4-5,8-9,16-20H2,1H3,(H,32,37)/t25-,26+,30+,31-/m0/s1. The van der Waals surface area contributed by atoms with Gasteiger partial charge in [0, 0.05) is 19.5 Å². The smallest absolute Gasteiger partial charge is 0.407 e. The van der Waals surface area contributed by atoms with Gasteiger partial charge < -0.3 is 15.2 Å². The molecule has 2 aliphatic carbocycles. The molecule has 2 aromatic rings. The summed E-state index contributed by atoms with van der Waals surface area (Å²) in [5, 5.41) is 15.0. The molecule has 0 bridgehead atoms. The van der Waals surface area contributed by atoms with E-state index < -0.39 is 51.0 Å². The summed E-state index contributed by atoms with van der Waals surface area (Å²) < 4.78 is 34.6. The van der Waals surface area contributed by atoms with E-state index >= 15 is 0 Å². The lowest BCUT2D eigenvalue weighted by atomic mass is 9.65. The van der Waals surface area contributed by atoms with Crippen molar-refractivity contribution in [3.8, 4) is 0 Å². The van der Waals surface area contributed by atoms with Crippen LogP contribution in [-0.2, 0) is 24.3 Å². The molecule has 0 spiro atoms. The highest BCUT2D eigenvalue weighted by atomic mass is 32.2. The number of hydrogen-bond donors (Lipinski definition) is 2. The first kappa shape index (κ1) is 28.8. The number of nitrogens with one attached hydrogen (secondary N) is 1. The largest absolute Gasteiger partial charge is 0.438 e. The van der Waals surface area contributed by atoms with Crippen LogP contribution >= 0.6 is 0 Å². The fourth-order valence-corrected chi connectivity index (χ4v) is 8.79. The van der Waals surface area contributed by atoms with Gasteiger partial charge in [-0.05, 0) is 56.4 Å². The molecule has 0 radical (unpaired) electrons. The number of alkyl carbamates (subject to hydrolysis) is 1. The van der Waals surface area contributed by atoms with E-state index in [1.54, 1.807) is 42.5 Å². The zero-order valence-electron chi connectivity index (χ0n) is 23.7. The average Bonchev–Trinajstić information content (AvgIpc) is 3.40. The van der Waals surface area contributed by atoms with Gasteiger partial charge in [-0.25, -0.2) is 13.2 Å². The van der Waals surface area contributed by atoms with Crippen LogP contribution in [0.4, 0.5) is 10.5 Å². The van der Waals surface area contributed by atoms with Gasteiger partial charge in [-0.15, -0.1) is 0 Å². The van der Waals surface area contributed by atoms with Crippen LogP contribution in [0.25, 0.3) is 0 Å². The van der Waals surface area contributed by atoms with Crippen LogP contribution in [0.1, 0.15) is 50.5 Å². The summed E-state index contributed by atoms with van der Waals surface area (Å²) in [6.07, 6.45) is 4.27. The van der Waals surface area contributed by atoms with Gasteiger partial charge in [-0.2, -0.15) is 4.31 Å². The van der Waals surface area contributed by atoms with Gasteiger partial charge in [0.2, 0.25) is 21.8 Å². The Balaban J connectivity index is 1.31. The maximum atomic E-state index is 13.7. The molecule has 0 unspecified atom stereocenters. The number of aliphatic hydroxyl groups is 1. The lowest BCUT2D eigenvalue weighted by molar-refractivity contribution is -0.170. The predicted octanol–water partition coefficient (Wildman–Crippen LogP) is 3.38. The molecule has 2 aliphatic heterocycles. The second kappa shape index (κ2) is 10.8. The number of para-hydroxylation sites is 1. The summed E-state index contributed by atoms with van der Waals surface area (Å²) in [5.41, 5.74) is -2.27. The first-order chi connectivity index (χ1) is 20.0. The minimum Gasteiger partial charge on any atom is -0.438 e. The Morgan fingerprint density at radius 2 is 1.60 bits per heavy atom. The monoisotopic (exact) mass is 595 g/mol. The topological polar surface area (TPSA) is 133 Å². The van der Waals surface area contributed by atoms with Crippen molar-refractivity contribution in [2.45, 2.75) is 68.0 Å². The number of rotatable bonds is 6. The number of sulfonamides is 1. The second-order valence-corrected chi connectivity index (χ2v) is 14.3. The highest BCUT2D eigenvalue weighted by Gasteiger charge is 2.70. The third-order valence-corrected chi connectivity index (χ3v) is 11.4. The van der Waals surface area contributed by atoms with Crippen molar-refractivity contribution < 1.29 is 32.6 Å². The number of aryl methyl sites for hydroxylation is 1. The molecule has 10 nitrogen and oxygen atoms in total. The number of amides is 3. The Bertz CT molecular complexity index is 1480. The second-order valence-electron chi connectivity index (χ2n) is 12.4. The lowest BCUT2D eigenvalue weighted by Gasteiger charge is -2.46. The van der Waals surface area contributed by atoms with E-state index in [4.69, 9.17) is 4.74 Å². The number of fused-ring (bicyclic) bond motifs is 2. The van der Waals surface area contributed by atoms with Crippen LogP contribution < -0.4 is 10.2 Å². The Morgan fingerprint density at radius 1 is 0.952 bits per heavy atom. The van der Waals surface area contributed by atoms with Crippen molar-refractivity contribution in [1.29, 1.82) is 0 Å². The summed E-state index contributed by atoms with van der Waals surface area (Å²) in [5.74, 6) is -2.30. The molecule has 4 atom stereocenters. The van der Waals surface area contributed by atoms with Crippen molar-refractivity contribution in [3.63, 3.8) is 0 Å². The fraction of sp³-hybridized carbons (Fsp3) is 0.516. The summed E-state index contributed by atoms with van der Waals surface area (Å²) >= 11 is 0. The average molecular weight is 596 g/mol. The molecule has 3 amide bonds. The molecule has 2 saturated heterocycles. The first-order valence-electron chi connectivity index (χ1n) is 14.7. The van der Waals surface area contributed by atoms with Gasteiger partial charge in [0.05, 0.1) is 29.0 Å². The van der Waals surface area contributed by atoms with Gasteiger partial charge in [-0.3, -0.25) is 14.5 Å². The maximum Gasteiger partial charge on any atom is 0.407 e. The zero-order chi connectivity index (χ0) is 29.7. The highest BCUT2D eigenvalue weighted by molar-refractivity contribution is 7.89. The molecule has 2 saturated carbocycles. The van der Waals surface area contributed by atoms with Crippen LogP contribution in [0.3, 0.4) is 0 Å². The molecule has 2 aromatic carbocycles.